The van der Waals surface area contributed by atoms with Gasteiger partial charge in [0.25, 0.3) is 0 Å². The third-order valence-electron chi connectivity index (χ3n) is 2.32. The fraction of sp³-hybridized carbons (Fsp3) is 0.636. The molecule has 1 saturated heterocycles. The van der Waals surface area contributed by atoms with E-state index in [2.05, 4.69) is 13.2 Å². The average Bonchev–Trinajstić information content (AvgIpc) is 2.52. The van der Waals surface area contributed by atoms with E-state index in [9.17, 15) is 10.2 Å². The fourth-order valence-corrected chi connectivity index (χ4v) is 1.61. The summed E-state index contributed by atoms with van der Waals surface area (Å²) in [5, 5.41) is 19.3. The molecule has 1 rings (SSSR count). The molecule has 0 aliphatic carbocycles. The van der Waals surface area contributed by atoms with Crippen LogP contribution in [0.25, 0.3) is 0 Å². The summed E-state index contributed by atoms with van der Waals surface area (Å²) in [6, 6.07) is 0. The molecule has 2 N–H and O–H groups in total. The summed E-state index contributed by atoms with van der Waals surface area (Å²) in [5.41, 5.74) is 0. The lowest BCUT2D eigenvalue weighted by atomic mass is 10.0. The number of ether oxygens (including phenoxy) is 2. The molecule has 1 aliphatic heterocycles. The van der Waals surface area contributed by atoms with Crippen molar-refractivity contribution in [3.05, 3.63) is 25.3 Å². The Morgan fingerprint density at radius 3 is 1.67 bits per heavy atom. The van der Waals surface area contributed by atoms with E-state index in [1.807, 2.05) is 0 Å². The standard InChI is InChI=1S/C11H18O4/c1-5-7(12)9-10(8(13)6-2)15-11(3,4)14-9/h5-10,12-13H,1-2H2,3-4H3/t7-,8+,9-,10+. The van der Waals surface area contributed by atoms with Crippen molar-refractivity contribution in [1.29, 1.82) is 0 Å². The number of rotatable bonds is 4. The van der Waals surface area contributed by atoms with Gasteiger partial charge in [0.2, 0.25) is 0 Å². The van der Waals surface area contributed by atoms with Crippen LogP contribution in [0.4, 0.5) is 0 Å². The molecule has 0 aromatic carbocycles. The van der Waals surface area contributed by atoms with E-state index in [1.165, 1.54) is 12.2 Å². The van der Waals surface area contributed by atoms with Gasteiger partial charge < -0.3 is 19.7 Å². The van der Waals surface area contributed by atoms with Crippen LogP contribution in [0.2, 0.25) is 0 Å². The molecule has 4 heteroatoms. The minimum absolute atomic E-state index is 0.620. The van der Waals surface area contributed by atoms with Crippen LogP contribution in [0.15, 0.2) is 25.3 Å². The highest BCUT2D eigenvalue weighted by Crippen LogP contribution is 2.32. The van der Waals surface area contributed by atoms with Gasteiger partial charge in [0.05, 0.1) is 0 Å². The number of aliphatic hydroxyl groups excluding tert-OH is 2. The topological polar surface area (TPSA) is 58.9 Å². The predicted molar refractivity (Wildman–Crippen MR) is 56.2 cm³/mol. The average molecular weight is 214 g/mol. The minimum atomic E-state index is -0.869. The SMILES string of the molecule is C=C[C@@H](O)[C@H]1OC(C)(C)O[C@H]1[C@@H](O)C=C. The molecule has 1 heterocycles. The van der Waals surface area contributed by atoms with Crippen LogP contribution in [0.5, 0.6) is 0 Å². The molecule has 0 unspecified atom stereocenters. The van der Waals surface area contributed by atoms with Gasteiger partial charge >= 0.3 is 0 Å². The lowest BCUT2D eigenvalue weighted by Gasteiger charge is -2.21. The molecular weight excluding hydrogens is 196 g/mol. The maximum Gasteiger partial charge on any atom is 0.164 e. The molecule has 1 fully saturated rings. The maximum absolute atomic E-state index is 9.64. The van der Waals surface area contributed by atoms with Gasteiger partial charge in [0.1, 0.15) is 24.4 Å². The van der Waals surface area contributed by atoms with Crippen LogP contribution < -0.4 is 0 Å². The van der Waals surface area contributed by atoms with Crippen LogP contribution in [-0.4, -0.2) is 40.4 Å². The molecule has 1 aliphatic rings. The van der Waals surface area contributed by atoms with E-state index >= 15 is 0 Å². The van der Waals surface area contributed by atoms with Crippen molar-refractivity contribution in [3.63, 3.8) is 0 Å². The van der Waals surface area contributed by atoms with Crippen LogP contribution in [-0.2, 0) is 9.47 Å². The summed E-state index contributed by atoms with van der Waals surface area (Å²) in [6.07, 6.45) is -0.259. The second-order valence-corrected chi connectivity index (χ2v) is 4.02. The van der Waals surface area contributed by atoms with Gasteiger partial charge in [-0.05, 0) is 13.8 Å². The van der Waals surface area contributed by atoms with Gasteiger partial charge in [-0.1, -0.05) is 12.2 Å². The summed E-state index contributed by atoms with van der Waals surface area (Å²) in [7, 11) is 0. The zero-order valence-electron chi connectivity index (χ0n) is 9.09. The molecule has 0 aromatic rings. The van der Waals surface area contributed by atoms with E-state index in [1.54, 1.807) is 13.8 Å². The molecule has 0 saturated carbocycles. The third-order valence-corrected chi connectivity index (χ3v) is 2.32. The Hall–Kier alpha value is -0.680. The van der Waals surface area contributed by atoms with Crippen molar-refractivity contribution in [1.82, 2.24) is 0 Å². The molecule has 0 bridgehead atoms. The Bertz CT molecular complexity index is 225. The quantitative estimate of drug-likeness (QED) is 0.673. The first-order valence-electron chi connectivity index (χ1n) is 4.88. The van der Waals surface area contributed by atoms with Gasteiger partial charge in [-0.2, -0.15) is 0 Å². The van der Waals surface area contributed by atoms with Crippen LogP contribution in [0, 0.1) is 0 Å². The summed E-state index contributed by atoms with van der Waals surface area (Å²) >= 11 is 0. The normalized spacial score (nSPS) is 33.3. The molecular formula is C11H18O4. The molecule has 0 aromatic heterocycles. The smallest absolute Gasteiger partial charge is 0.164 e. The van der Waals surface area contributed by atoms with Crippen molar-refractivity contribution in [2.24, 2.45) is 0 Å². The maximum atomic E-state index is 9.64. The van der Waals surface area contributed by atoms with E-state index in [4.69, 9.17) is 9.47 Å². The van der Waals surface area contributed by atoms with Crippen molar-refractivity contribution in [2.45, 2.75) is 44.1 Å². The first-order chi connectivity index (χ1) is 6.91. The Labute approximate surface area is 89.8 Å². The van der Waals surface area contributed by atoms with E-state index in [0.717, 1.165) is 0 Å². The molecule has 4 atom stereocenters. The Morgan fingerprint density at radius 2 is 1.40 bits per heavy atom. The lowest BCUT2D eigenvalue weighted by Crippen LogP contribution is -2.40. The Balaban J connectivity index is 2.83. The van der Waals surface area contributed by atoms with Gasteiger partial charge in [-0.25, -0.2) is 0 Å². The summed E-state index contributed by atoms with van der Waals surface area (Å²) in [5.74, 6) is -0.816. The van der Waals surface area contributed by atoms with Crippen LogP contribution in [0.1, 0.15) is 13.8 Å². The molecule has 4 nitrogen and oxygen atoms in total. The first kappa shape index (κ1) is 12.4. The summed E-state index contributed by atoms with van der Waals surface area (Å²) in [6.45, 7) is 10.4. The van der Waals surface area contributed by atoms with Crippen molar-refractivity contribution >= 4 is 0 Å². The second-order valence-electron chi connectivity index (χ2n) is 4.02. The Morgan fingerprint density at radius 1 is 1.07 bits per heavy atom. The van der Waals surface area contributed by atoms with Crippen LogP contribution in [0.3, 0.4) is 0 Å². The highest BCUT2D eigenvalue weighted by atomic mass is 16.8. The number of hydrogen-bond acceptors (Lipinski definition) is 4. The largest absolute Gasteiger partial charge is 0.386 e. The van der Waals surface area contributed by atoms with Gasteiger partial charge in [-0.15, -0.1) is 13.2 Å². The van der Waals surface area contributed by atoms with E-state index < -0.39 is 30.2 Å². The third kappa shape index (κ3) is 2.66. The first-order valence-corrected chi connectivity index (χ1v) is 4.88. The number of aliphatic hydroxyl groups is 2. The molecule has 0 radical (unpaired) electrons. The monoisotopic (exact) mass is 214 g/mol. The zero-order valence-corrected chi connectivity index (χ0v) is 9.09. The van der Waals surface area contributed by atoms with Crippen molar-refractivity contribution in [2.75, 3.05) is 0 Å². The van der Waals surface area contributed by atoms with Gasteiger partial charge in [-0.3, -0.25) is 0 Å². The molecule has 0 spiro atoms. The summed E-state index contributed by atoms with van der Waals surface area (Å²) < 4.78 is 11.0. The van der Waals surface area contributed by atoms with Gasteiger partial charge in [0, 0.05) is 0 Å². The second kappa shape index (κ2) is 4.45. The van der Waals surface area contributed by atoms with E-state index in [-0.39, 0.29) is 0 Å². The molecule has 86 valence electrons. The van der Waals surface area contributed by atoms with Crippen LogP contribution >= 0.6 is 0 Å². The molecule has 15 heavy (non-hydrogen) atoms. The zero-order chi connectivity index (χ0) is 11.6. The highest BCUT2D eigenvalue weighted by Gasteiger charge is 2.46. The van der Waals surface area contributed by atoms with Gasteiger partial charge in [0.15, 0.2) is 5.79 Å². The fourth-order valence-electron chi connectivity index (χ4n) is 1.61. The minimum Gasteiger partial charge on any atom is -0.386 e. The summed E-state index contributed by atoms with van der Waals surface area (Å²) in [4.78, 5) is 0. The van der Waals surface area contributed by atoms with Crippen molar-refractivity contribution in [3.8, 4) is 0 Å². The Kier molecular flexibility index (Phi) is 3.67. The molecule has 0 amide bonds. The van der Waals surface area contributed by atoms with E-state index in [0.29, 0.717) is 0 Å². The highest BCUT2D eigenvalue weighted by molar-refractivity contribution is 5.00. The van der Waals surface area contributed by atoms with Crippen molar-refractivity contribution < 1.29 is 19.7 Å². The lowest BCUT2D eigenvalue weighted by molar-refractivity contribution is -0.157. The number of hydrogen-bond donors (Lipinski definition) is 2. The predicted octanol–water partition coefficient (Wildman–Crippen LogP) is 0.600.